The maximum absolute atomic E-state index is 2.34. The number of hydrogen-bond donors (Lipinski definition) is 0. The van der Waals surface area contributed by atoms with Crippen LogP contribution >= 0.6 is 0 Å². The van der Waals surface area contributed by atoms with Gasteiger partial charge in [0.05, 0.1) is 0 Å². The van der Waals surface area contributed by atoms with Crippen molar-refractivity contribution in [2.75, 3.05) is 0 Å². The van der Waals surface area contributed by atoms with Crippen molar-refractivity contribution < 1.29 is 0 Å². The number of hydrogen-bond acceptors (Lipinski definition) is 0. The summed E-state index contributed by atoms with van der Waals surface area (Å²) in [7, 11) is 0. The first-order valence-corrected chi connectivity index (χ1v) is 15.0. The van der Waals surface area contributed by atoms with Gasteiger partial charge >= 0.3 is 0 Å². The Morgan fingerprint density at radius 2 is 0.595 bits per heavy atom. The van der Waals surface area contributed by atoms with Gasteiger partial charge in [-0.3, -0.25) is 0 Å². The van der Waals surface area contributed by atoms with Crippen LogP contribution in [0.4, 0.5) is 0 Å². The zero-order valence-electron chi connectivity index (χ0n) is 24.7. The van der Waals surface area contributed by atoms with Gasteiger partial charge in [0, 0.05) is 10.8 Å². The quantitative estimate of drug-likeness (QED) is 0.210. The molecule has 2 aliphatic rings. The molecule has 0 fully saturated rings. The Kier molecular flexibility index (Phi) is 5.32. The molecule has 0 aliphatic heterocycles. The van der Waals surface area contributed by atoms with E-state index < -0.39 is 0 Å². The molecular weight excluding hydrogens is 504 g/mol. The standard InChI is InChI=1S/C42H34/c1-41(2)35-15-7-5-11-33(35)39-31(13-9-17-37(39)41)29-23-19-27(20-24-29)28-21-25-30(26-22-28)32-14-10-18-38-40(32)34-12-6-8-16-36(34)42(38,3)4/h5-26H,1-4H3. The second-order valence-corrected chi connectivity index (χ2v) is 13.0. The maximum Gasteiger partial charge on any atom is 0.0159 e. The second-order valence-electron chi connectivity index (χ2n) is 13.0. The molecule has 0 spiro atoms. The molecule has 2 aliphatic carbocycles. The summed E-state index contributed by atoms with van der Waals surface area (Å²) in [5, 5.41) is 0. The fourth-order valence-corrected chi connectivity index (χ4v) is 7.67. The zero-order chi connectivity index (χ0) is 28.6. The van der Waals surface area contributed by atoms with Crippen molar-refractivity contribution >= 4 is 0 Å². The van der Waals surface area contributed by atoms with E-state index in [4.69, 9.17) is 0 Å². The predicted molar refractivity (Wildman–Crippen MR) is 178 cm³/mol. The van der Waals surface area contributed by atoms with E-state index in [2.05, 4.69) is 161 Å². The van der Waals surface area contributed by atoms with Gasteiger partial charge in [-0.25, -0.2) is 0 Å². The van der Waals surface area contributed by atoms with Crippen LogP contribution in [0.3, 0.4) is 0 Å². The van der Waals surface area contributed by atoms with Crippen LogP contribution < -0.4 is 0 Å². The van der Waals surface area contributed by atoms with E-state index >= 15 is 0 Å². The third kappa shape index (κ3) is 3.48. The minimum Gasteiger partial charge on any atom is -0.0619 e. The minimum atomic E-state index is 0.0142. The van der Waals surface area contributed by atoms with Crippen LogP contribution in [0.25, 0.3) is 55.6 Å². The number of fused-ring (bicyclic) bond motifs is 6. The summed E-state index contributed by atoms with van der Waals surface area (Å²) >= 11 is 0. The maximum atomic E-state index is 2.34. The smallest absolute Gasteiger partial charge is 0.0159 e. The average molecular weight is 539 g/mol. The van der Waals surface area contributed by atoms with Crippen LogP contribution in [0.1, 0.15) is 49.9 Å². The summed E-state index contributed by atoms with van der Waals surface area (Å²) in [5.74, 6) is 0. The molecule has 0 atom stereocenters. The Balaban J connectivity index is 1.14. The summed E-state index contributed by atoms with van der Waals surface area (Å²) in [6, 6.07) is 49.6. The molecule has 202 valence electrons. The highest BCUT2D eigenvalue weighted by Gasteiger charge is 2.37. The lowest BCUT2D eigenvalue weighted by Gasteiger charge is -2.21. The first kappa shape index (κ1) is 25.1. The molecule has 6 aromatic carbocycles. The molecule has 8 rings (SSSR count). The fraction of sp³-hybridized carbons (Fsp3) is 0.143. The van der Waals surface area contributed by atoms with E-state index in [1.807, 2.05) is 0 Å². The third-order valence-electron chi connectivity index (χ3n) is 9.94. The lowest BCUT2D eigenvalue weighted by atomic mass is 9.82. The van der Waals surface area contributed by atoms with Crippen molar-refractivity contribution in [1.29, 1.82) is 0 Å². The summed E-state index contributed by atoms with van der Waals surface area (Å²) in [6.45, 7) is 9.38. The van der Waals surface area contributed by atoms with Crippen molar-refractivity contribution in [3.8, 4) is 55.6 Å². The van der Waals surface area contributed by atoms with Gasteiger partial charge in [0.25, 0.3) is 0 Å². The normalized spacial score (nSPS) is 15.0. The lowest BCUT2D eigenvalue weighted by Crippen LogP contribution is -2.14. The summed E-state index contributed by atoms with van der Waals surface area (Å²) in [4.78, 5) is 0. The lowest BCUT2D eigenvalue weighted by molar-refractivity contribution is 0.660. The van der Waals surface area contributed by atoms with E-state index in [1.165, 1.54) is 77.9 Å². The SMILES string of the molecule is CC1(C)c2ccccc2-c2c(-c3ccc(-c4ccc(-c5cccc6c5-c5ccccc5C6(C)C)cc4)cc3)cccc21. The minimum absolute atomic E-state index is 0.0142. The molecule has 0 heteroatoms. The highest BCUT2D eigenvalue weighted by molar-refractivity contribution is 5.94. The van der Waals surface area contributed by atoms with Gasteiger partial charge < -0.3 is 0 Å². The molecule has 0 heterocycles. The Labute approximate surface area is 249 Å². The molecule has 0 unspecified atom stereocenters. The summed E-state index contributed by atoms with van der Waals surface area (Å²) < 4.78 is 0. The van der Waals surface area contributed by atoms with Gasteiger partial charge in [-0.2, -0.15) is 0 Å². The molecule has 0 radical (unpaired) electrons. The van der Waals surface area contributed by atoms with Gasteiger partial charge in [0.1, 0.15) is 0 Å². The Morgan fingerprint density at radius 3 is 1.00 bits per heavy atom. The van der Waals surface area contributed by atoms with E-state index in [0.717, 1.165) is 0 Å². The van der Waals surface area contributed by atoms with Crippen LogP contribution in [0.2, 0.25) is 0 Å². The van der Waals surface area contributed by atoms with Crippen LogP contribution in [-0.4, -0.2) is 0 Å². The van der Waals surface area contributed by atoms with Crippen molar-refractivity contribution in [1.82, 2.24) is 0 Å². The zero-order valence-corrected chi connectivity index (χ0v) is 24.7. The molecule has 0 nitrogen and oxygen atoms in total. The molecule has 0 bridgehead atoms. The van der Waals surface area contributed by atoms with Crippen molar-refractivity contribution in [2.45, 2.75) is 38.5 Å². The first-order chi connectivity index (χ1) is 20.4. The van der Waals surface area contributed by atoms with Gasteiger partial charge in [-0.1, -0.05) is 161 Å². The van der Waals surface area contributed by atoms with E-state index in [-0.39, 0.29) is 10.8 Å². The van der Waals surface area contributed by atoms with Crippen molar-refractivity contribution in [3.05, 3.63) is 156 Å². The van der Waals surface area contributed by atoms with E-state index in [1.54, 1.807) is 0 Å². The van der Waals surface area contributed by atoms with E-state index in [0.29, 0.717) is 0 Å². The van der Waals surface area contributed by atoms with Crippen LogP contribution in [0.5, 0.6) is 0 Å². The van der Waals surface area contributed by atoms with Gasteiger partial charge in [-0.05, 0) is 77.9 Å². The average Bonchev–Trinajstić information content (AvgIpc) is 3.41. The van der Waals surface area contributed by atoms with Gasteiger partial charge in [0.2, 0.25) is 0 Å². The third-order valence-corrected chi connectivity index (χ3v) is 9.94. The molecule has 0 amide bonds. The molecular formula is C42H34. The highest BCUT2D eigenvalue weighted by Crippen LogP contribution is 2.53. The first-order valence-electron chi connectivity index (χ1n) is 15.0. The monoisotopic (exact) mass is 538 g/mol. The fourth-order valence-electron chi connectivity index (χ4n) is 7.67. The Hall–Kier alpha value is -4.68. The Bertz CT molecular complexity index is 1850. The largest absolute Gasteiger partial charge is 0.0619 e. The van der Waals surface area contributed by atoms with Gasteiger partial charge in [-0.15, -0.1) is 0 Å². The van der Waals surface area contributed by atoms with E-state index in [9.17, 15) is 0 Å². The summed E-state index contributed by atoms with van der Waals surface area (Å²) in [5.41, 5.74) is 18.8. The predicted octanol–water partition coefficient (Wildman–Crippen LogP) is 11.3. The van der Waals surface area contributed by atoms with Crippen molar-refractivity contribution in [2.24, 2.45) is 0 Å². The molecule has 0 N–H and O–H groups in total. The second kappa shape index (κ2) is 8.91. The molecule has 42 heavy (non-hydrogen) atoms. The molecule has 0 aromatic heterocycles. The van der Waals surface area contributed by atoms with Crippen LogP contribution in [-0.2, 0) is 10.8 Å². The number of benzene rings is 6. The van der Waals surface area contributed by atoms with Crippen LogP contribution in [0, 0.1) is 0 Å². The van der Waals surface area contributed by atoms with Gasteiger partial charge in [0.15, 0.2) is 0 Å². The summed E-state index contributed by atoms with van der Waals surface area (Å²) in [6.07, 6.45) is 0. The highest BCUT2D eigenvalue weighted by atomic mass is 14.4. The molecule has 0 saturated carbocycles. The van der Waals surface area contributed by atoms with Crippen LogP contribution in [0.15, 0.2) is 133 Å². The van der Waals surface area contributed by atoms with Crippen molar-refractivity contribution in [3.63, 3.8) is 0 Å². The molecule has 0 saturated heterocycles. The number of rotatable bonds is 3. The molecule has 6 aromatic rings. The topological polar surface area (TPSA) is 0 Å². The Morgan fingerprint density at radius 1 is 0.286 bits per heavy atom.